The van der Waals surface area contributed by atoms with Crippen molar-refractivity contribution in [3.63, 3.8) is 0 Å². The molecule has 0 aromatic carbocycles. The van der Waals surface area contributed by atoms with Crippen LogP contribution in [0.2, 0.25) is 0 Å². The number of aliphatic carboxylic acids is 1. The number of quaternary nitrogens is 1. The first-order valence-electron chi connectivity index (χ1n) is 9.41. The van der Waals surface area contributed by atoms with Crippen LogP contribution < -0.4 is 5.11 Å². The number of rotatable bonds is 16. The molecule has 4 heteroatoms. The molecule has 0 aromatic rings. The molecule has 136 valence electrons. The van der Waals surface area contributed by atoms with Crippen LogP contribution in [0.15, 0.2) is 0 Å². The Balaban J connectivity index is 3.45. The fourth-order valence-electron chi connectivity index (χ4n) is 2.89. The van der Waals surface area contributed by atoms with Crippen LogP contribution in [-0.2, 0) is 9.59 Å². The molecule has 0 N–H and O–H groups in total. The van der Waals surface area contributed by atoms with Crippen molar-refractivity contribution in [2.45, 2.75) is 84.0 Å². The van der Waals surface area contributed by atoms with Crippen molar-refractivity contribution in [2.75, 3.05) is 27.2 Å². The minimum absolute atomic E-state index is 0.00640. The molecule has 0 aliphatic rings. The van der Waals surface area contributed by atoms with Gasteiger partial charge in [0.2, 0.25) is 0 Å². The van der Waals surface area contributed by atoms with E-state index in [1.807, 2.05) is 14.1 Å². The third-order valence-corrected chi connectivity index (χ3v) is 4.34. The minimum atomic E-state index is -1.03. The van der Waals surface area contributed by atoms with E-state index in [0.717, 1.165) is 19.3 Å². The lowest BCUT2D eigenvalue weighted by Crippen LogP contribution is -2.48. The highest BCUT2D eigenvalue weighted by Gasteiger charge is 2.15. The largest absolute Gasteiger partial charge is 0.544 e. The zero-order valence-corrected chi connectivity index (χ0v) is 15.6. The number of ketones is 1. The van der Waals surface area contributed by atoms with Gasteiger partial charge >= 0.3 is 0 Å². The zero-order chi connectivity index (χ0) is 17.6. The van der Waals surface area contributed by atoms with Gasteiger partial charge in [-0.15, -0.1) is 0 Å². The molecule has 0 amide bonds. The maximum absolute atomic E-state index is 11.8. The summed E-state index contributed by atoms with van der Waals surface area (Å²) in [5.41, 5.74) is 0. The van der Waals surface area contributed by atoms with E-state index < -0.39 is 5.97 Å². The van der Waals surface area contributed by atoms with Crippen LogP contribution >= 0.6 is 0 Å². The van der Waals surface area contributed by atoms with Gasteiger partial charge in [-0.05, 0) is 6.42 Å². The Morgan fingerprint density at radius 1 is 0.783 bits per heavy atom. The molecular weight excluding hydrogens is 290 g/mol. The smallest absolute Gasteiger partial charge is 0.133 e. The molecule has 0 saturated heterocycles. The number of likely N-dealkylation sites (N-methyl/N-ethyl adjacent to an activating group) is 1. The first kappa shape index (κ1) is 22.1. The lowest BCUT2D eigenvalue weighted by atomic mass is 10.0. The third kappa shape index (κ3) is 15.8. The second kappa shape index (κ2) is 13.5. The molecule has 0 rings (SSSR count). The molecule has 0 aliphatic heterocycles. The summed E-state index contributed by atoms with van der Waals surface area (Å²) in [5, 5.41) is 10.6. The molecule has 23 heavy (non-hydrogen) atoms. The predicted octanol–water partition coefficient (Wildman–Crippen LogP) is 3.08. The Bertz CT molecular complexity index is 327. The molecule has 0 saturated carbocycles. The lowest BCUT2D eigenvalue weighted by Gasteiger charge is -2.29. The van der Waals surface area contributed by atoms with Gasteiger partial charge in [-0.1, -0.05) is 58.3 Å². The number of carboxylic acids is 1. The van der Waals surface area contributed by atoms with Crippen LogP contribution in [0.4, 0.5) is 0 Å². The highest BCUT2D eigenvalue weighted by Crippen LogP contribution is 2.11. The molecule has 0 heterocycles. The highest BCUT2D eigenvalue weighted by atomic mass is 16.4. The Morgan fingerprint density at radius 3 is 1.78 bits per heavy atom. The average Bonchev–Trinajstić information content (AvgIpc) is 2.44. The fourth-order valence-corrected chi connectivity index (χ4v) is 2.89. The van der Waals surface area contributed by atoms with E-state index in [0.29, 0.717) is 29.7 Å². The van der Waals surface area contributed by atoms with Gasteiger partial charge in [-0.3, -0.25) is 4.79 Å². The normalized spacial score (nSPS) is 11.6. The Hall–Kier alpha value is -0.900. The molecule has 0 spiro atoms. The summed E-state index contributed by atoms with van der Waals surface area (Å²) in [6, 6.07) is 0. The Labute approximate surface area is 142 Å². The van der Waals surface area contributed by atoms with E-state index in [1.54, 1.807) is 0 Å². The van der Waals surface area contributed by atoms with Crippen molar-refractivity contribution in [3.8, 4) is 0 Å². The molecule has 0 aliphatic carbocycles. The van der Waals surface area contributed by atoms with Crippen molar-refractivity contribution >= 4 is 11.8 Å². The standard InChI is InChI=1S/C19H37NO3/c1-4-5-6-7-8-9-10-11-12-14-18(21)15-13-16-20(2,3)17-19(22)23/h4-17H2,1-3H3. The minimum Gasteiger partial charge on any atom is -0.544 e. The average molecular weight is 328 g/mol. The summed E-state index contributed by atoms with van der Waals surface area (Å²) in [6.45, 7) is 2.95. The van der Waals surface area contributed by atoms with E-state index in [-0.39, 0.29) is 6.54 Å². The number of carbonyl (C=O) groups is 2. The van der Waals surface area contributed by atoms with Gasteiger partial charge < -0.3 is 14.4 Å². The van der Waals surface area contributed by atoms with Gasteiger partial charge in [0.15, 0.2) is 0 Å². The second-order valence-corrected chi connectivity index (χ2v) is 7.41. The van der Waals surface area contributed by atoms with E-state index >= 15 is 0 Å². The van der Waals surface area contributed by atoms with E-state index in [4.69, 9.17) is 0 Å². The molecular formula is C19H37NO3. The quantitative estimate of drug-likeness (QED) is 0.323. The van der Waals surface area contributed by atoms with Gasteiger partial charge in [-0.2, -0.15) is 0 Å². The number of nitrogens with zero attached hydrogens (tertiary/aromatic N) is 1. The van der Waals surface area contributed by atoms with Crippen LogP contribution in [0, 0.1) is 0 Å². The van der Waals surface area contributed by atoms with Crippen molar-refractivity contribution in [1.82, 2.24) is 0 Å². The first-order valence-corrected chi connectivity index (χ1v) is 9.41. The number of hydrogen-bond donors (Lipinski definition) is 0. The van der Waals surface area contributed by atoms with E-state index in [1.165, 1.54) is 44.9 Å². The topological polar surface area (TPSA) is 57.2 Å². The van der Waals surface area contributed by atoms with Crippen molar-refractivity contribution in [2.24, 2.45) is 0 Å². The summed E-state index contributed by atoms with van der Waals surface area (Å²) in [4.78, 5) is 22.4. The molecule has 0 fully saturated rings. The molecule has 0 atom stereocenters. The fraction of sp³-hybridized carbons (Fsp3) is 0.895. The lowest BCUT2D eigenvalue weighted by molar-refractivity contribution is -0.884. The zero-order valence-electron chi connectivity index (χ0n) is 15.6. The molecule has 0 unspecified atom stereocenters. The van der Waals surface area contributed by atoms with Gasteiger partial charge in [0.05, 0.1) is 26.6 Å². The van der Waals surface area contributed by atoms with Crippen LogP contribution in [-0.4, -0.2) is 43.4 Å². The van der Waals surface area contributed by atoms with Crippen LogP contribution in [0.1, 0.15) is 84.0 Å². The van der Waals surface area contributed by atoms with Gasteiger partial charge in [0, 0.05) is 19.3 Å². The molecule has 0 aromatic heterocycles. The summed E-state index contributed by atoms with van der Waals surface area (Å²) in [5.74, 6) is -0.711. The molecule has 0 bridgehead atoms. The summed E-state index contributed by atoms with van der Waals surface area (Å²) >= 11 is 0. The Kier molecular flexibility index (Phi) is 13.0. The molecule has 0 radical (unpaired) electrons. The van der Waals surface area contributed by atoms with E-state index in [2.05, 4.69) is 6.92 Å². The van der Waals surface area contributed by atoms with Crippen LogP contribution in [0.5, 0.6) is 0 Å². The van der Waals surface area contributed by atoms with Crippen molar-refractivity contribution in [3.05, 3.63) is 0 Å². The summed E-state index contributed by atoms with van der Waals surface area (Å²) in [7, 11) is 3.72. The molecule has 4 nitrogen and oxygen atoms in total. The summed E-state index contributed by atoms with van der Waals surface area (Å²) < 4.78 is 0.383. The first-order chi connectivity index (χ1) is 10.9. The third-order valence-electron chi connectivity index (χ3n) is 4.34. The highest BCUT2D eigenvalue weighted by molar-refractivity contribution is 5.78. The Morgan fingerprint density at radius 2 is 1.26 bits per heavy atom. The monoisotopic (exact) mass is 327 g/mol. The maximum Gasteiger partial charge on any atom is 0.133 e. The van der Waals surface area contributed by atoms with Crippen LogP contribution in [0.25, 0.3) is 0 Å². The van der Waals surface area contributed by atoms with E-state index in [9.17, 15) is 14.7 Å². The number of hydrogen-bond acceptors (Lipinski definition) is 3. The second-order valence-electron chi connectivity index (χ2n) is 7.41. The summed E-state index contributed by atoms with van der Waals surface area (Å²) in [6.07, 6.45) is 13.4. The van der Waals surface area contributed by atoms with Gasteiger partial charge in [-0.25, -0.2) is 0 Å². The number of carbonyl (C=O) groups excluding carboxylic acids is 2. The maximum atomic E-state index is 11.8. The SMILES string of the molecule is CCCCCCCCCCCC(=O)CCC[N+](C)(C)CC(=O)[O-]. The van der Waals surface area contributed by atoms with Crippen molar-refractivity contribution in [1.29, 1.82) is 0 Å². The van der Waals surface area contributed by atoms with Gasteiger partial charge in [0.25, 0.3) is 0 Å². The van der Waals surface area contributed by atoms with Crippen LogP contribution in [0.3, 0.4) is 0 Å². The number of unbranched alkanes of at least 4 members (excludes halogenated alkanes) is 8. The number of carboxylic acid groups (broad SMARTS) is 1. The van der Waals surface area contributed by atoms with Crippen molar-refractivity contribution < 1.29 is 19.2 Å². The number of Topliss-reactive ketones (excluding diaryl/α,β-unsaturated/α-hetero) is 1. The predicted molar refractivity (Wildman–Crippen MR) is 92.9 cm³/mol. The van der Waals surface area contributed by atoms with Gasteiger partial charge in [0.1, 0.15) is 12.3 Å².